The van der Waals surface area contributed by atoms with Crippen LogP contribution in [0.3, 0.4) is 0 Å². The number of hydrogen-bond donors (Lipinski definition) is 1. The third-order valence-corrected chi connectivity index (χ3v) is 3.20. The summed E-state index contributed by atoms with van der Waals surface area (Å²) >= 11 is 0. The third kappa shape index (κ3) is 1.71. The minimum absolute atomic E-state index is 0.0481. The summed E-state index contributed by atoms with van der Waals surface area (Å²) < 4.78 is 1.80. The molecule has 0 saturated heterocycles. The van der Waals surface area contributed by atoms with E-state index in [0.29, 0.717) is 11.1 Å². The number of carbonyl (C=O) groups is 1. The van der Waals surface area contributed by atoms with Crippen molar-refractivity contribution < 1.29 is 9.90 Å². The van der Waals surface area contributed by atoms with Crippen LogP contribution in [0.2, 0.25) is 0 Å². The lowest BCUT2D eigenvalue weighted by Gasteiger charge is -2.08. The van der Waals surface area contributed by atoms with Crippen molar-refractivity contribution in [3.63, 3.8) is 0 Å². The number of hydrogen-bond acceptors (Lipinski definition) is 2. The van der Waals surface area contributed by atoms with E-state index in [9.17, 15) is 9.90 Å². The van der Waals surface area contributed by atoms with Crippen molar-refractivity contribution in [2.45, 2.75) is 6.92 Å². The maximum Gasteiger partial charge on any atom is 0.180 e. The molecule has 0 bridgehead atoms. The van der Waals surface area contributed by atoms with Crippen LogP contribution in [0.15, 0.2) is 54.6 Å². The van der Waals surface area contributed by atoms with E-state index in [1.807, 2.05) is 54.6 Å². The summed E-state index contributed by atoms with van der Waals surface area (Å²) in [4.78, 5) is 11.8. The van der Waals surface area contributed by atoms with Gasteiger partial charge in [0.15, 0.2) is 11.5 Å². The fraction of sp³-hybridized carbons (Fsp3) is 0.0625. The number of fused-ring (bicyclic) bond motifs is 1. The van der Waals surface area contributed by atoms with Crippen molar-refractivity contribution >= 4 is 16.7 Å². The number of aromatic nitrogens is 1. The van der Waals surface area contributed by atoms with Gasteiger partial charge >= 0.3 is 0 Å². The fourth-order valence-electron chi connectivity index (χ4n) is 2.39. The van der Waals surface area contributed by atoms with E-state index in [2.05, 4.69) is 0 Å². The molecule has 0 spiro atoms. The molecule has 0 aliphatic carbocycles. The molecular formula is C16H13NO2. The van der Waals surface area contributed by atoms with Gasteiger partial charge in [-0.2, -0.15) is 0 Å². The molecule has 3 rings (SSSR count). The van der Waals surface area contributed by atoms with Gasteiger partial charge in [0, 0.05) is 18.0 Å². The highest BCUT2D eigenvalue weighted by Gasteiger charge is 2.20. The highest BCUT2D eigenvalue weighted by Crippen LogP contribution is 2.34. The molecule has 0 saturated carbocycles. The largest absolute Gasteiger partial charge is 0.505 e. The first kappa shape index (κ1) is 11.5. The van der Waals surface area contributed by atoms with Gasteiger partial charge in [-0.25, -0.2) is 0 Å². The summed E-state index contributed by atoms with van der Waals surface area (Å²) in [6.07, 6.45) is 0. The summed E-state index contributed by atoms with van der Waals surface area (Å²) in [5.41, 5.74) is 2.02. The minimum atomic E-state index is -0.155. The Morgan fingerprint density at radius 3 is 2.32 bits per heavy atom. The third-order valence-electron chi connectivity index (χ3n) is 3.20. The van der Waals surface area contributed by atoms with Crippen molar-refractivity contribution in [1.29, 1.82) is 0 Å². The average Bonchev–Trinajstić information content (AvgIpc) is 2.74. The minimum Gasteiger partial charge on any atom is -0.505 e. The molecule has 1 N–H and O–H groups in total. The standard InChI is InChI=1S/C16H13NO2/c1-11(18)15-16(19)13-9-5-6-10-14(13)17(15)12-7-3-2-4-8-12/h2-10,19H,1H3. The summed E-state index contributed by atoms with van der Waals surface area (Å²) in [5, 5.41) is 11.0. The maximum atomic E-state index is 11.8. The van der Waals surface area contributed by atoms with Gasteiger partial charge in [-0.15, -0.1) is 0 Å². The van der Waals surface area contributed by atoms with Crippen molar-refractivity contribution in [2.75, 3.05) is 0 Å². The molecule has 19 heavy (non-hydrogen) atoms. The van der Waals surface area contributed by atoms with Crippen LogP contribution < -0.4 is 0 Å². The summed E-state index contributed by atoms with van der Waals surface area (Å²) in [6, 6.07) is 17.0. The first-order valence-corrected chi connectivity index (χ1v) is 6.09. The van der Waals surface area contributed by atoms with Gasteiger partial charge in [0.05, 0.1) is 5.52 Å². The number of benzene rings is 2. The van der Waals surface area contributed by atoms with Crippen LogP contribution in [0.4, 0.5) is 0 Å². The van der Waals surface area contributed by atoms with E-state index >= 15 is 0 Å². The van der Waals surface area contributed by atoms with Gasteiger partial charge < -0.3 is 9.67 Å². The predicted octanol–water partition coefficient (Wildman–Crippen LogP) is 3.54. The molecule has 0 aliphatic rings. The van der Waals surface area contributed by atoms with E-state index in [1.165, 1.54) is 6.92 Å². The fourth-order valence-corrected chi connectivity index (χ4v) is 2.39. The summed E-state index contributed by atoms with van der Waals surface area (Å²) in [6.45, 7) is 1.47. The van der Waals surface area contributed by atoms with Crippen molar-refractivity contribution in [3.05, 3.63) is 60.3 Å². The summed E-state index contributed by atoms with van der Waals surface area (Å²) in [7, 11) is 0. The quantitative estimate of drug-likeness (QED) is 0.708. The number of ketones is 1. The molecule has 0 atom stereocenters. The van der Waals surface area contributed by atoms with Gasteiger partial charge in [0.25, 0.3) is 0 Å². The Bertz CT molecular complexity index is 757. The van der Waals surface area contributed by atoms with Crippen molar-refractivity contribution in [2.24, 2.45) is 0 Å². The normalized spacial score (nSPS) is 10.8. The van der Waals surface area contributed by atoms with E-state index < -0.39 is 0 Å². The van der Waals surface area contributed by atoms with Crippen LogP contribution in [0.25, 0.3) is 16.6 Å². The number of para-hydroxylation sites is 2. The zero-order chi connectivity index (χ0) is 13.4. The van der Waals surface area contributed by atoms with Gasteiger partial charge in [0.1, 0.15) is 5.69 Å². The molecular weight excluding hydrogens is 238 g/mol. The lowest BCUT2D eigenvalue weighted by atomic mass is 10.2. The van der Waals surface area contributed by atoms with Crippen LogP contribution in [-0.4, -0.2) is 15.5 Å². The molecule has 0 fully saturated rings. The van der Waals surface area contributed by atoms with Crippen LogP contribution in [0.5, 0.6) is 5.75 Å². The lowest BCUT2D eigenvalue weighted by Crippen LogP contribution is -2.04. The SMILES string of the molecule is CC(=O)c1c(O)c2ccccc2n1-c1ccccc1. The van der Waals surface area contributed by atoms with Gasteiger partial charge in [-0.1, -0.05) is 30.3 Å². The smallest absolute Gasteiger partial charge is 0.180 e. The molecule has 3 heteroatoms. The Balaban J connectivity index is 2.46. The Kier molecular flexibility index (Phi) is 2.60. The molecule has 3 aromatic rings. The molecule has 0 unspecified atom stereocenters. The van der Waals surface area contributed by atoms with E-state index in [1.54, 1.807) is 4.57 Å². The molecule has 1 aromatic heterocycles. The van der Waals surface area contributed by atoms with E-state index in [-0.39, 0.29) is 11.5 Å². The molecule has 94 valence electrons. The van der Waals surface area contributed by atoms with Crippen LogP contribution in [0, 0.1) is 0 Å². The number of aromatic hydroxyl groups is 1. The average molecular weight is 251 g/mol. The zero-order valence-corrected chi connectivity index (χ0v) is 10.5. The van der Waals surface area contributed by atoms with Crippen LogP contribution >= 0.6 is 0 Å². The summed E-state index contributed by atoms with van der Waals surface area (Å²) in [5.74, 6) is -0.107. The molecule has 2 aromatic carbocycles. The Labute approximate surface area is 110 Å². The molecule has 1 heterocycles. The second-order valence-corrected chi connectivity index (χ2v) is 4.44. The monoisotopic (exact) mass is 251 g/mol. The Morgan fingerprint density at radius 1 is 1.00 bits per heavy atom. The van der Waals surface area contributed by atoms with Gasteiger partial charge in [-0.05, 0) is 24.3 Å². The number of Topliss-reactive ketones (excluding diaryl/α,β-unsaturated/α-hetero) is 1. The Morgan fingerprint density at radius 2 is 1.63 bits per heavy atom. The van der Waals surface area contributed by atoms with Gasteiger partial charge in [-0.3, -0.25) is 4.79 Å². The Hall–Kier alpha value is -2.55. The second kappa shape index (κ2) is 4.28. The number of nitrogens with zero attached hydrogens (tertiary/aromatic N) is 1. The van der Waals surface area contributed by atoms with Crippen molar-refractivity contribution in [3.8, 4) is 11.4 Å². The highest BCUT2D eigenvalue weighted by molar-refractivity contribution is 6.04. The lowest BCUT2D eigenvalue weighted by molar-refractivity contribution is 0.100. The number of rotatable bonds is 2. The molecule has 0 aliphatic heterocycles. The van der Waals surface area contributed by atoms with Gasteiger partial charge in [0.2, 0.25) is 0 Å². The molecule has 3 nitrogen and oxygen atoms in total. The van der Waals surface area contributed by atoms with Crippen LogP contribution in [0.1, 0.15) is 17.4 Å². The van der Waals surface area contributed by atoms with E-state index in [0.717, 1.165) is 11.2 Å². The first-order valence-electron chi connectivity index (χ1n) is 6.09. The zero-order valence-electron chi connectivity index (χ0n) is 10.5. The highest BCUT2D eigenvalue weighted by atomic mass is 16.3. The molecule has 0 amide bonds. The maximum absolute atomic E-state index is 11.8. The first-order chi connectivity index (χ1) is 9.20. The van der Waals surface area contributed by atoms with Crippen LogP contribution in [-0.2, 0) is 0 Å². The number of carbonyl (C=O) groups excluding carboxylic acids is 1. The molecule has 0 radical (unpaired) electrons. The van der Waals surface area contributed by atoms with Crippen molar-refractivity contribution in [1.82, 2.24) is 4.57 Å². The second-order valence-electron chi connectivity index (χ2n) is 4.44. The topological polar surface area (TPSA) is 42.2 Å². The van der Waals surface area contributed by atoms with E-state index in [4.69, 9.17) is 0 Å². The predicted molar refractivity (Wildman–Crippen MR) is 74.9 cm³/mol.